The van der Waals surface area contributed by atoms with Gasteiger partial charge in [-0.05, 0) is 43.9 Å². The van der Waals surface area contributed by atoms with Gasteiger partial charge in [0.05, 0.1) is 0 Å². The molecule has 0 heterocycles. The van der Waals surface area contributed by atoms with Crippen LogP contribution in [0.3, 0.4) is 0 Å². The van der Waals surface area contributed by atoms with Gasteiger partial charge in [-0.25, -0.2) is 0 Å². The Hall–Kier alpha value is -1.68. The first-order chi connectivity index (χ1) is 11.1. The predicted molar refractivity (Wildman–Crippen MR) is 103 cm³/mol. The summed E-state index contributed by atoms with van der Waals surface area (Å²) < 4.78 is 5.72. The maximum Gasteiger partial charge on any atom is 0.114 e. The number of rotatable bonds is 8. The minimum Gasteiger partial charge on any atom is -0.385 e. The number of benzene rings is 2. The van der Waals surface area contributed by atoms with Crippen LogP contribution in [0.4, 0.5) is 0 Å². The zero-order valence-electron chi connectivity index (χ0n) is 14.5. The Labute approximate surface area is 142 Å². The highest BCUT2D eigenvalue weighted by atomic mass is 28.3. The van der Waals surface area contributed by atoms with E-state index in [-0.39, 0.29) is 0 Å². The summed E-state index contributed by atoms with van der Waals surface area (Å²) in [6, 6.07) is 19.3. The lowest BCUT2D eigenvalue weighted by atomic mass is 10.00. The summed E-state index contributed by atoms with van der Waals surface area (Å²) in [6.45, 7) is 7.10. The van der Waals surface area contributed by atoms with E-state index < -0.39 is 8.80 Å². The molecule has 0 saturated carbocycles. The Bertz CT molecular complexity index is 607. The summed E-state index contributed by atoms with van der Waals surface area (Å²) >= 11 is 0. The molecule has 2 rings (SSSR count). The molecule has 0 aromatic heterocycles. The molecule has 1 atom stereocenters. The van der Waals surface area contributed by atoms with Gasteiger partial charge in [0.1, 0.15) is 8.80 Å². The highest BCUT2D eigenvalue weighted by Gasteiger charge is 2.15. The molecule has 0 aliphatic rings. The second-order valence-corrected chi connectivity index (χ2v) is 8.84. The fraction of sp³-hybridized carbons (Fsp3) is 0.300. The first-order valence-electron chi connectivity index (χ1n) is 8.19. The Morgan fingerprint density at radius 3 is 2.17 bits per heavy atom. The van der Waals surface area contributed by atoms with Gasteiger partial charge >= 0.3 is 0 Å². The Balaban J connectivity index is 2.14. The van der Waals surface area contributed by atoms with Crippen LogP contribution >= 0.6 is 0 Å². The van der Waals surface area contributed by atoms with Crippen molar-refractivity contribution in [1.82, 2.24) is 4.90 Å². The average Bonchev–Trinajstić information content (AvgIpc) is 2.58. The van der Waals surface area contributed by atoms with E-state index in [9.17, 15) is 0 Å². The van der Waals surface area contributed by atoms with Gasteiger partial charge < -0.3 is 9.64 Å². The highest BCUT2D eigenvalue weighted by molar-refractivity contribution is 6.73. The molecule has 0 spiro atoms. The van der Waals surface area contributed by atoms with Gasteiger partial charge in [0.25, 0.3) is 0 Å². The second kappa shape index (κ2) is 8.82. The van der Waals surface area contributed by atoms with E-state index in [0.29, 0.717) is 0 Å². The molecule has 0 aliphatic carbocycles. The molecule has 0 amide bonds. The van der Waals surface area contributed by atoms with Crippen LogP contribution in [0.1, 0.15) is 18.1 Å². The average molecular weight is 326 g/mol. The molecule has 3 heteroatoms. The predicted octanol–water partition coefficient (Wildman–Crippen LogP) is 2.86. The van der Waals surface area contributed by atoms with E-state index in [0.717, 1.165) is 24.6 Å². The zero-order chi connectivity index (χ0) is 16.7. The van der Waals surface area contributed by atoms with Crippen molar-refractivity contribution in [1.29, 1.82) is 0 Å². The smallest absolute Gasteiger partial charge is 0.114 e. The van der Waals surface area contributed by atoms with Crippen molar-refractivity contribution in [2.75, 3.05) is 33.1 Å². The molecule has 0 bridgehead atoms. The molecule has 1 unspecified atom stereocenters. The van der Waals surface area contributed by atoms with Crippen LogP contribution < -0.4 is 5.19 Å². The fourth-order valence-electron chi connectivity index (χ4n) is 2.72. The van der Waals surface area contributed by atoms with Crippen molar-refractivity contribution in [2.24, 2.45) is 0 Å². The molecule has 0 fully saturated rings. The zero-order valence-corrected chi connectivity index (χ0v) is 15.6. The standard InChI is InChI=1S/C20H27NOSi/c1-5-22-16-23(15-21(3)4)20-13-11-19(12-14-20)17(2)18-9-7-6-8-10-18/h6-14,23H,2,5,15-16H2,1,3-4H3. The molecule has 2 nitrogen and oxygen atoms in total. The molecule has 122 valence electrons. The summed E-state index contributed by atoms with van der Waals surface area (Å²) in [5.41, 5.74) is 3.44. The van der Waals surface area contributed by atoms with Gasteiger partial charge in [-0.3, -0.25) is 0 Å². The summed E-state index contributed by atoms with van der Waals surface area (Å²) in [5.74, 6) is 0. The first kappa shape index (κ1) is 17.7. The molecule has 2 aromatic rings. The van der Waals surface area contributed by atoms with Crippen LogP contribution in [-0.4, -0.2) is 46.8 Å². The second-order valence-electron chi connectivity index (χ2n) is 6.09. The largest absolute Gasteiger partial charge is 0.385 e. The van der Waals surface area contributed by atoms with Gasteiger partial charge in [0.15, 0.2) is 0 Å². The van der Waals surface area contributed by atoms with E-state index in [1.54, 1.807) is 0 Å². The number of hydrogen-bond donors (Lipinski definition) is 0. The molecular weight excluding hydrogens is 298 g/mol. The van der Waals surface area contributed by atoms with E-state index in [4.69, 9.17) is 4.74 Å². The van der Waals surface area contributed by atoms with Gasteiger partial charge in [0.2, 0.25) is 0 Å². The van der Waals surface area contributed by atoms with Crippen LogP contribution in [-0.2, 0) is 4.74 Å². The minimum atomic E-state index is -1.12. The summed E-state index contributed by atoms with van der Waals surface area (Å²) in [5, 5.41) is 1.46. The van der Waals surface area contributed by atoms with Crippen molar-refractivity contribution in [3.05, 3.63) is 72.3 Å². The van der Waals surface area contributed by atoms with E-state index in [1.165, 1.54) is 16.3 Å². The lowest BCUT2D eigenvalue weighted by Crippen LogP contribution is -2.44. The third-order valence-electron chi connectivity index (χ3n) is 3.96. The normalized spacial score (nSPS) is 12.3. The maximum absolute atomic E-state index is 5.72. The number of hydrogen-bond acceptors (Lipinski definition) is 2. The Kier molecular flexibility index (Phi) is 6.78. The third-order valence-corrected chi connectivity index (χ3v) is 7.10. The van der Waals surface area contributed by atoms with E-state index in [1.807, 2.05) is 6.07 Å². The summed E-state index contributed by atoms with van der Waals surface area (Å²) in [6.07, 6.45) is 2.02. The van der Waals surface area contributed by atoms with Gasteiger partial charge in [-0.1, -0.05) is 66.4 Å². The van der Waals surface area contributed by atoms with Crippen molar-refractivity contribution >= 4 is 19.6 Å². The quantitative estimate of drug-likeness (QED) is 0.692. The van der Waals surface area contributed by atoms with E-state index >= 15 is 0 Å². The topological polar surface area (TPSA) is 12.5 Å². The molecular formula is C20H27NOSi. The van der Waals surface area contributed by atoms with E-state index in [2.05, 4.69) is 81.0 Å². The maximum atomic E-state index is 5.72. The monoisotopic (exact) mass is 325 g/mol. The molecule has 0 radical (unpaired) electrons. The molecule has 2 aromatic carbocycles. The van der Waals surface area contributed by atoms with Crippen LogP contribution in [0.15, 0.2) is 61.2 Å². The fourth-order valence-corrected chi connectivity index (χ4v) is 5.36. The van der Waals surface area contributed by atoms with Crippen molar-refractivity contribution in [3.63, 3.8) is 0 Å². The van der Waals surface area contributed by atoms with Gasteiger partial charge in [-0.2, -0.15) is 0 Å². The first-order valence-corrected chi connectivity index (χ1v) is 10.4. The number of ether oxygens (including phenoxy) is 1. The summed E-state index contributed by atoms with van der Waals surface area (Å²) in [4.78, 5) is 2.27. The lowest BCUT2D eigenvalue weighted by Gasteiger charge is -2.20. The van der Waals surface area contributed by atoms with Crippen LogP contribution in [0.2, 0.25) is 0 Å². The van der Waals surface area contributed by atoms with Crippen LogP contribution in [0, 0.1) is 0 Å². The molecule has 0 aliphatic heterocycles. The Morgan fingerprint density at radius 2 is 1.61 bits per heavy atom. The third kappa shape index (κ3) is 5.17. The van der Waals surface area contributed by atoms with Crippen molar-refractivity contribution < 1.29 is 4.74 Å². The lowest BCUT2D eigenvalue weighted by molar-refractivity contribution is 0.190. The minimum absolute atomic E-state index is 0.791. The van der Waals surface area contributed by atoms with Crippen LogP contribution in [0.5, 0.6) is 0 Å². The van der Waals surface area contributed by atoms with Crippen molar-refractivity contribution in [3.8, 4) is 0 Å². The SMILES string of the molecule is C=C(c1ccccc1)c1ccc([SiH](COCC)CN(C)C)cc1. The van der Waals surface area contributed by atoms with Gasteiger partial charge in [0, 0.05) is 12.8 Å². The van der Waals surface area contributed by atoms with Crippen molar-refractivity contribution in [2.45, 2.75) is 6.92 Å². The Morgan fingerprint density at radius 1 is 1.00 bits per heavy atom. The summed E-state index contributed by atoms with van der Waals surface area (Å²) in [7, 11) is 3.15. The molecule has 0 saturated heterocycles. The number of nitrogens with zero attached hydrogens (tertiary/aromatic N) is 1. The van der Waals surface area contributed by atoms with Gasteiger partial charge in [-0.15, -0.1) is 0 Å². The van der Waals surface area contributed by atoms with Crippen LogP contribution in [0.25, 0.3) is 5.57 Å². The highest BCUT2D eigenvalue weighted by Crippen LogP contribution is 2.20. The molecule has 0 N–H and O–H groups in total. The molecule has 23 heavy (non-hydrogen) atoms.